The predicted molar refractivity (Wildman–Crippen MR) is 89.6 cm³/mol. The van der Waals surface area contributed by atoms with Gasteiger partial charge in [-0.15, -0.1) is 11.8 Å². The normalized spacial score (nSPS) is 17.0. The van der Waals surface area contributed by atoms with Gasteiger partial charge in [-0.25, -0.2) is 4.79 Å². The van der Waals surface area contributed by atoms with Gasteiger partial charge in [0.1, 0.15) is 5.82 Å². The summed E-state index contributed by atoms with van der Waals surface area (Å²) >= 11 is 7.88. The molecule has 1 aliphatic rings. The Bertz CT molecular complexity index is 716. The number of hydrogen-bond donors (Lipinski definition) is 2. The SMILES string of the molecule is Cc1cc(NC(=O)NC2CCSc3ccc(Cl)cc32)n(C)n1. The van der Waals surface area contributed by atoms with Gasteiger partial charge in [-0.1, -0.05) is 11.6 Å². The van der Waals surface area contributed by atoms with E-state index in [0.29, 0.717) is 10.8 Å². The largest absolute Gasteiger partial charge is 0.331 e. The van der Waals surface area contributed by atoms with E-state index in [-0.39, 0.29) is 12.1 Å². The smallest absolute Gasteiger partial charge is 0.320 e. The Kier molecular flexibility index (Phi) is 4.31. The Morgan fingerprint density at radius 2 is 2.27 bits per heavy atom. The molecule has 1 atom stereocenters. The highest BCUT2D eigenvalue weighted by atomic mass is 35.5. The van der Waals surface area contributed by atoms with Crippen LogP contribution in [0.15, 0.2) is 29.2 Å². The molecule has 7 heteroatoms. The summed E-state index contributed by atoms with van der Waals surface area (Å²) in [4.78, 5) is 13.4. The van der Waals surface area contributed by atoms with E-state index >= 15 is 0 Å². The third-order valence-corrected chi connectivity index (χ3v) is 4.92. The fourth-order valence-electron chi connectivity index (χ4n) is 2.55. The van der Waals surface area contributed by atoms with Gasteiger partial charge < -0.3 is 5.32 Å². The number of nitrogens with one attached hydrogen (secondary N) is 2. The summed E-state index contributed by atoms with van der Waals surface area (Å²) < 4.78 is 1.65. The van der Waals surface area contributed by atoms with Gasteiger partial charge in [-0.05, 0) is 37.1 Å². The number of thioether (sulfide) groups is 1. The van der Waals surface area contributed by atoms with Crippen LogP contribution in [-0.2, 0) is 7.05 Å². The molecule has 116 valence electrons. The van der Waals surface area contributed by atoms with Crippen LogP contribution < -0.4 is 10.6 Å². The minimum atomic E-state index is -0.231. The van der Waals surface area contributed by atoms with Crippen molar-refractivity contribution in [1.29, 1.82) is 0 Å². The molecule has 0 saturated heterocycles. The van der Waals surface area contributed by atoms with E-state index in [2.05, 4.69) is 15.7 Å². The van der Waals surface area contributed by atoms with Crippen LogP contribution in [-0.4, -0.2) is 21.6 Å². The number of amides is 2. The predicted octanol–water partition coefficient (Wildman–Crippen LogP) is 3.74. The summed E-state index contributed by atoms with van der Waals surface area (Å²) in [6, 6.07) is 7.41. The molecule has 1 aliphatic heterocycles. The Morgan fingerprint density at radius 1 is 1.45 bits per heavy atom. The molecule has 2 N–H and O–H groups in total. The van der Waals surface area contributed by atoms with Crippen LogP contribution in [0.1, 0.15) is 23.7 Å². The number of anilines is 1. The third-order valence-electron chi connectivity index (χ3n) is 3.56. The van der Waals surface area contributed by atoms with Crippen molar-refractivity contribution in [1.82, 2.24) is 15.1 Å². The van der Waals surface area contributed by atoms with Gasteiger partial charge in [0.05, 0.1) is 11.7 Å². The Balaban J connectivity index is 1.73. The maximum atomic E-state index is 12.2. The van der Waals surface area contributed by atoms with Crippen molar-refractivity contribution >= 4 is 35.2 Å². The first-order valence-corrected chi connectivity index (χ1v) is 8.39. The number of fused-ring (bicyclic) bond motifs is 1. The zero-order valence-electron chi connectivity index (χ0n) is 12.4. The van der Waals surface area contributed by atoms with E-state index in [1.165, 1.54) is 4.90 Å². The van der Waals surface area contributed by atoms with E-state index in [1.807, 2.05) is 31.2 Å². The van der Waals surface area contributed by atoms with Crippen molar-refractivity contribution in [3.8, 4) is 0 Å². The highest BCUT2D eigenvalue weighted by molar-refractivity contribution is 7.99. The zero-order chi connectivity index (χ0) is 15.7. The van der Waals surface area contributed by atoms with Gasteiger partial charge in [0.25, 0.3) is 0 Å². The van der Waals surface area contributed by atoms with Crippen LogP contribution in [0.4, 0.5) is 10.6 Å². The number of hydrogen-bond acceptors (Lipinski definition) is 3. The van der Waals surface area contributed by atoms with Crippen molar-refractivity contribution in [3.63, 3.8) is 0 Å². The standard InChI is InChI=1S/C15H17ClN4OS/c1-9-7-14(20(2)19-9)18-15(21)17-12-5-6-22-13-4-3-10(16)8-11(12)13/h3-4,7-8,12H,5-6H2,1-2H3,(H2,17,18,21). The number of halogens is 1. The number of carbonyl (C=O) groups excluding carboxylic acids is 1. The lowest BCUT2D eigenvalue weighted by Crippen LogP contribution is -2.34. The average Bonchev–Trinajstić information content (AvgIpc) is 2.77. The van der Waals surface area contributed by atoms with Crippen LogP contribution in [0.25, 0.3) is 0 Å². The quantitative estimate of drug-likeness (QED) is 0.878. The number of aryl methyl sites for hydroxylation is 2. The lowest BCUT2D eigenvalue weighted by atomic mass is 10.0. The van der Waals surface area contributed by atoms with Crippen molar-refractivity contribution in [3.05, 3.63) is 40.5 Å². The van der Waals surface area contributed by atoms with Crippen molar-refractivity contribution in [2.75, 3.05) is 11.1 Å². The molecule has 0 saturated carbocycles. The number of benzene rings is 1. The van der Waals surface area contributed by atoms with Crippen LogP contribution in [0.3, 0.4) is 0 Å². The molecule has 0 bridgehead atoms. The van der Waals surface area contributed by atoms with Gasteiger partial charge in [-0.2, -0.15) is 5.10 Å². The molecule has 2 amide bonds. The maximum Gasteiger partial charge on any atom is 0.320 e. The van der Waals surface area contributed by atoms with Crippen molar-refractivity contribution in [2.24, 2.45) is 7.05 Å². The minimum Gasteiger partial charge on any atom is -0.331 e. The molecular weight excluding hydrogens is 320 g/mol. The molecule has 5 nitrogen and oxygen atoms in total. The monoisotopic (exact) mass is 336 g/mol. The topological polar surface area (TPSA) is 59.0 Å². The van der Waals surface area contributed by atoms with Crippen LogP contribution in [0.2, 0.25) is 5.02 Å². The summed E-state index contributed by atoms with van der Waals surface area (Å²) in [6.45, 7) is 1.89. The number of nitrogens with zero attached hydrogens (tertiary/aromatic N) is 2. The van der Waals surface area contributed by atoms with Crippen LogP contribution in [0.5, 0.6) is 0 Å². The Labute approximate surface area is 138 Å². The van der Waals surface area contributed by atoms with Crippen molar-refractivity contribution < 1.29 is 4.79 Å². The average molecular weight is 337 g/mol. The molecule has 0 aliphatic carbocycles. The van der Waals surface area contributed by atoms with Gasteiger partial charge in [0, 0.05) is 28.8 Å². The fourth-order valence-corrected chi connectivity index (χ4v) is 3.84. The lowest BCUT2D eigenvalue weighted by Gasteiger charge is -2.26. The number of aromatic nitrogens is 2. The van der Waals surface area contributed by atoms with Crippen LogP contribution in [0, 0.1) is 6.92 Å². The van der Waals surface area contributed by atoms with Gasteiger partial charge >= 0.3 is 6.03 Å². The lowest BCUT2D eigenvalue weighted by molar-refractivity contribution is 0.248. The first-order valence-electron chi connectivity index (χ1n) is 7.03. The number of carbonyl (C=O) groups is 1. The second-order valence-corrected chi connectivity index (χ2v) is 6.84. The third kappa shape index (κ3) is 3.23. The number of rotatable bonds is 2. The molecule has 2 heterocycles. The molecule has 2 aromatic rings. The summed E-state index contributed by atoms with van der Waals surface area (Å²) in [6.07, 6.45) is 0.885. The van der Waals surface area contributed by atoms with Gasteiger partial charge in [-0.3, -0.25) is 10.00 Å². The Morgan fingerprint density at radius 3 is 3.00 bits per heavy atom. The summed E-state index contributed by atoms with van der Waals surface area (Å²) in [5.74, 6) is 1.65. The molecule has 22 heavy (non-hydrogen) atoms. The molecule has 0 spiro atoms. The van der Waals surface area contributed by atoms with E-state index in [9.17, 15) is 4.79 Å². The molecular formula is C15H17ClN4OS. The fraction of sp³-hybridized carbons (Fsp3) is 0.333. The first-order chi connectivity index (χ1) is 10.5. The van der Waals surface area contributed by atoms with Gasteiger partial charge in [0.15, 0.2) is 0 Å². The zero-order valence-corrected chi connectivity index (χ0v) is 14.0. The van der Waals surface area contributed by atoms with Crippen molar-refractivity contribution in [2.45, 2.75) is 24.3 Å². The Hall–Kier alpha value is -1.66. The number of urea groups is 1. The van der Waals surface area contributed by atoms with Gasteiger partial charge in [0.2, 0.25) is 0 Å². The van der Waals surface area contributed by atoms with E-state index in [0.717, 1.165) is 23.4 Å². The van der Waals surface area contributed by atoms with E-state index in [4.69, 9.17) is 11.6 Å². The molecule has 1 unspecified atom stereocenters. The first kappa shape index (κ1) is 15.2. The van der Waals surface area contributed by atoms with E-state index in [1.54, 1.807) is 23.5 Å². The highest BCUT2D eigenvalue weighted by Crippen LogP contribution is 2.37. The highest BCUT2D eigenvalue weighted by Gasteiger charge is 2.23. The van der Waals surface area contributed by atoms with Crippen LogP contribution >= 0.6 is 23.4 Å². The second kappa shape index (κ2) is 6.22. The summed E-state index contributed by atoms with van der Waals surface area (Å²) in [5, 5.41) is 10.8. The second-order valence-electron chi connectivity index (χ2n) is 5.26. The summed E-state index contributed by atoms with van der Waals surface area (Å²) in [7, 11) is 1.80. The molecule has 3 rings (SSSR count). The minimum absolute atomic E-state index is 0.0238. The molecule has 1 aromatic carbocycles. The molecule has 0 fully saturated rings. The molecule has 0 radical (unpaired) electrons. The molecule has 1 aromatic heterocycles. The van der Waals surface area contributed by atoms with E-state index < -0.39 is 0 Å². The summed E-state index contributed by atoms with van der Waals surface area (Å²) in [5.41, 5.74) is 1.95. The maximum absolute atomic E-state index is 12.2.